The Kier molecular flexibility index (Phi) is 6.52. The van der Waals surface area contributed by atoms with Crippen LogP contribution in [0, 0.1) is 13.8 Å². The van der Waals surface area contributed by atoms with Gasteiger partial charge in [-0.05, 0) is 38.0 Å². The molecule has 130 valence electrons. The maximum Gasteiger partial charge on any atom is 0.193 e. The number of aliphatic imine (C=N–C) groups is 1. The van der Waals surface area contributed by atoms with Crippen molar-refractivity contribution < 1.29 is 4.52 Å². The van der Waals surface area contributed by atoms with Gasteiger partial charge in [-0.25, -0.2) is 0 Å². The van der Waals surface area contributed by atoms with E-state index >= 15 is 0 Å². The van der Waals surface area contributed by atoms with Crippen LogP contribution in [0.2, 0.25) is 10.0 Å². The quantitative estimate of drug-likeness (QED) is 0.643. The van der Waals surface area contributed by atoms with E-state index in [1.807, 2.05) is 37.9 Å². The van der Waals surface area contributed by atoms with E-state index in [1.54, 1.807) is 13.1 Å². The number of aryl methyl sites for hydroxylation is 2. The number of hydrogen-bond acceptors (Lipinski definition) is 3. The summed E-state index contributed by atoms with van der Waals surface area (Å²) in [6.45, 7) is 5.32. The second-order valence-electron chi connectivity index (χ2n) is 5.63. The summed E-state index contributed by atoms with van der Waals surface area (Å²) in [4.78, 5) is 6.36. The van der Waals surface area contributed by atoms with Gasteiger partial charge in [-0.1, -0.05) is 34.4 Å². The third-order valence-corrected chi connectivity index (χ3v) is 4.56. The Balaban J connectivity index is 1.92. The van der Waals surface area contributed by atoms with E-state index in [9.17, 15) is 0 Å². The number of rotatable bonds is 5. The van der Waals surface area contributed by atoms with Crippen LogP contribution in [0.1, 0.15) is 22.6 Å². The van der Waals surface area contributed by atoms with Gasteiger partial charge in [0.25, 0.3) is 0 Å². The van der Waals surface area contributed by atoms with E-state index in [0.717, 1.165) is 41.5 Å². The van der Waals surface area contributed by atoms with Gasteiger partial charge in [-0.3, -0.25) is 4.99 Å². The molecule has 0 bridgehead atoms. The van der Waals surface area contributed by atoms with Gasteiger partial charge >= 0.3 is 0 Å². The molecule has 0 radical (unpaired) electrons. The van der Waals surface area contributed by atoms with Crippen molar-refractivity contribution in [1.82, 2.24) is 15.4 Å². The van der Waals surface area contributed by atoms with Crippen LogP contribution in [-0.2, 0) is 13.0 Å². The number of halogens is 2. The Hall–Kier alpha value is -1.72. The zero-order chi connectivity index (χ0) is 17.7. The minimum absolute atomic E-state index is 0.559. The van der Waals surface area contributed by atoms with Crippen molar-refractivity contribution in [2.45, 2.75) is 26.8 Å². The molecule has 0 aliphatic rings. The monoisotopic (exact) mass is 368 g/mol. The Labute approximate surface area is 152 Å². The summed E-state index contributed by atoms with van der Waals surface area (Å²) in [6.07, 6.45) is 0.834. The number of aromatic nitrogens is 1. The molecule has 1 aromatic carbocycles. The van der Waals surface area contributed by atoms with E-state index in [4.69, 9.17) is 27.7 Å². The molecular weight excluding hydrogens is 347 g/mol. The molecule has 1 aromatic heterocycles. The zero-order valence-corrected chi connectivity index (χ0v) is 15.9. The lowest BCUT2D eigenvalue weighted by Gasteiger charge is -2.22. The van der Waals surface area contributed by atoms with Gasteiger partial charge in [0, 0.05) is 32.7 Å². The van der Waals surface area contributed by atoms with E-state index in [2.05, 4.69) is 15.5 Å². The van der Waals surface area contributed by atoms with Crippen LogP contribution in [0.15, 0.2) is 27.7 Å². The van der Waals surface area contributed by atoms with Gasteiger partial charge in [-0.2, -0.15) is 0 Å². The molecule has 2 aromatic rings. The fraction of sp³-hybridized carbons (Fsp3) is 0.412. The average Bonchev–Trinajstić information content (AvgIpc) is 2.86. The lowest BCUT2D eigenvalue weighted by molar-refractivity contribution is 0.392. The van der Waals surface area contributed by atoms with Gasteiger partial charge in [0.15, 0.2) is 5.96 Å². The van der Waals surface area contributed by atoms with E-state index in [1.165, 1.54) is 0 Å². The summed E-state index contributed by atoms with van der Waals surface area (Å²) in [6, 6.07) is 5.64. The van der Waals surface area contributed by atoms with Crippen LogP contribution in [-0.4, -0.2) is 36.7 Å². The molecule has 0 saturated carbocycles. The molecule has 0 unspecified atom stereocenters. The van der Waals surface area contributed by atoms with Crippen LogP contribution in [0.3, 0.4) is 0 Å². The highest BCUT2D eigenvalue weighted by Gasteiger charge is 2.11. The summed E-state index contributed by atoms with van der Waals surface area (Å²) in [5, 5.41) is 8.45. The fourth-order valence-corrected chi connectivity index (χ4v) is 2.85. The molecule has 0 aliphatic carbocycles. The number of nitrogens with one attached hydrogen (secondary N) is 1. The summed E-state index contributed by atoms with van der Waals surface area (Å²) in [5.41, 5.74) is 3.15. The first-order chi connectivity index (χ1) is 11.4. The molecular formula is C17H22Cl2N4O. The van der Waals surface area contributed by atoms with Crippen molar-refractivity contribution in [2.24, 2.45) is 4.99 Å². The number of hydrogen-bond donors (Lipinski definition) is 1. The molecule has 24 heavy (non-hydrogen) atoms. The highest BCUT2D eigenvalue weighted by Crippen LogP contribution is 2.23. The van der Waals surface area contributed by atoms with Crippen molar-refractivity contribution in [3.05, 3.63) is 50.8 Å². The first kappa shape index (κ1) is 18.6. The fourth-order valence-electron chi connectivity index (χ4n) is 2.53. The SMILES string of the molecule is CN=C(NCCc1c(C)noc1C)N(C)Cc1ccc(Cl)c(Cl)c1. The van der Waals surface area contributed by atoms with Crippen LogP contribution >= 0.6 is 23.2 Å². The third-order valence-electron chi connectivity index (χ3n) is 3.82. The van der Waals surface area contributed by atoms with Gasteiger partial charge in [0.2, 0.25) is 0 Å². The van der Waals surface area contributed by atoms with Crippen molar-refractivity contribution in [3.8, 4) is 0 Å². The zero-order valence-electron chi connectivity index (χ0n) is 14.4. The molecule has 0 saturated heterocycles. The molecule has 5 nitrogen and oxygen atoms in total. The van der Waals surface area contributed by atoms with Gasteiger partial charge < -0.3 is 14.7 Å². The van der Waals surface area contributed by atoms with Crippen LogP contribution in [0.4, 0.5) is 0 Å². The van der Waals surface area contributed by atoms with Crippen molar-refractivity contribution in [1.29, 1.82) is 0 Å². The minimum atomic E-state index is 0.559. The maximum atomic E-state index is 6.07. The molecule has 2 rings (SSSR count). The van der Waals surface area contributed by atoms with Crippen molar-refractivity contribution in [3.63, 3.8) is 0 Å². The van der Waals surface area contributed by atoms with Crippen molar-refractivity contribution in [2.75, 3.05) is 20.6 Å². The minimum Gasteiger partial charge on any atom is -0.361 e. The summed E-state index contributed by atoms with van der Waals surface area (Å²) in [7, 11) is 3.75. The highest BCUT2D eigenvalue weighted by atomic mass is 35.5. The summed E-state index contributed by atoms with van der Waals surface area (Å²) < 4.78 is 5.18. The molecule has 7 heteroatoms. The second kappa shape index (κ2) is 8.40. The lowest BCUT2D eigenvalue weighted by atomic mass is 10.1. The Morgan fingerprint density at radius 3 is 2.62 bits per heavy atom. The lowest BCUT2D eigenvalue weighted by Crippen LogP contribution is -2.39. The predicted octanol–water partition coefficient (Wildman–Crippen LogP) is 3.85. The van der Waals surface area contributed by atoms with Gasteiger partial charge in [0.05, 0.1) is 15.7 Å². The molecule has 1 N–H and O–H groups in total. The first-order valence-corrected chi connectivity index (χ1v) is 8.45. The average molecular weight is 369 g/mol. The first-order valence-electron chi connectivity index (χ1n) is 7.69. The van der Waals surface area contributed by atoms with E-state index in [0.29, 0.717) is 16.6 Å². The van der Waals surface area contributed by atoms with Crippen molar-refractivity contribution >= 4 is 29.2 Å². The Bertz CT molecular complexity index is 708. The largest absolute Gasteiger partial charge is 0.361 e. The maximum absolute atomic E-state index is 6.07. The van der Waals surface area contributed by atoms with E-state index in [-0.39, 0.29) is 0 Å². The smallest absolute Gasteiger partial charge is 0.193 e. The van der Waals surface area contributed by atoms with Crippen LogP contribution in [0.5, 0.6) is 0 Å². The van der Waals surface area contributed by atoms with Gasteiger partial charge in [0.1, 0.15) is 5.76 Å². The Morgan fingerprint density at radius 2 is 2.04 bits per heavy atom. The Morgan fingerprint density at radius 1 is 1.29 bits per heavy atom. The predicted molar refractivity (Wildman–Crippen MR) is 99.0 cm³/mol. The van der Waals surface area contributed by atoms with Crippen LogP contribution < -0.4 is 5.32 Å². The normalized spacial score (nSPS) is 11.7. The van der Waals surface area contributed by atoms with Gasteiger partial charge in [-0.15, -0.1) is 0 Å². The molecule has 0 spiro atoms. The highest BCUT2D eigenvalue weighted by molar-refractivity contribution is 6.42. The molecule has 1 heterocycles. The number of benzene rings is 1. The van der Waals surface area contributed by atoms with Crippen LogP contribution in [0.25, 0.3) is 0 Å². The molecule has 0 amide bonds. The standard InChI is InChI=1S/C17H22Cl2N4O/c1-11-14(12(2)24-22-11)7-8-21-17(20-3)23(4)10-13-5-6-15(18)16(19)9-13/h5-6,9H,7-8,10H2,1-4H3,(H,20,21). The number of nitrogens with zero attached hydrogens (tertiary/aromatic N) is 3. The second-order valence-corrected chi connectivity index (χ2v) is 6.45. The topological polar surface area (TPSA) is 53.7 Å². The molecule has 0 aliphatic heterocycles. The van der Waals surface area contributed by atoms with E-state index < -0.39 is 0 Å². The third kappa shape index (κ3) is 4.65. The summed E-state index contributed by atoms with van der Waals surface area (Å²) >= 11 is 12.0. The molecule has 0 fully saturated rings. The number of guanidine groups is 1. The molecule has 0 atom stereocenters. The summed E-state index contributed by atoms with van der Waals surface area (Å²) in [5.74, 6) is 1.68.